The van der Waals surface area contributed by atoms with Gasteiger partial charge in [-0.2, -0.15) is 0 Å². The molecule has 3 heteroatoms. The maximum atomic E-state index is 8.52. The van der Waals surface area contributed by atoms with E-state index in [0.717, 1.165) is 0 Å². The van der Waals surface area contributed by atoms with E-state index in [9.17, 15) is 0 Å². The topological polar surface area (TPSA) is 40.5 Å². The summed E-state index contributed by atoms with van der Waals surface area (Å²) < 4.78 is 0. The van der Waals surface area contributed by atoms with Gasteiger partial charge in [0.05, 0.1) is 0 Å². The molecule has 0 aromatic heterocycles. The van der Waals surface area contributed by atoms with Gasteiger partial charge in [-0.1, -0.05) is 24.6 Å². The normalized spacial score (nSPS) is 16.4. The minimum Gasteiger partial charge on any atom is -0.368 e. The Kier molecular flexibility index (Phi) is 3.86. The van der Waals surface area contributed by atoms with Crippen molar-refractivity contribution in [2.75, 3.05) is 0 Å². The summed E-state index contributed by atoms with van der Waals surface area (Å²) in [5.74, 6) is -0.289. The van der Waals surface area contributed by atoms with E-state index in [1.165, 1.54) is 0 Å². The van der Waals surface area contributed by atoms with E-state index in [1.807, 2.05) is 0 Å². The predicted molar refractivity (Wildman–Crippen MR) is 37.0 cm³/mol. The molecule has 2 N–H and O–H groups in total. The summed E-state index contributed by atoms with van der Waals surface area (Å²) in [5, 5.41) is 17.6. The molecular weight excluding hydrogens is 140 g/mol. The summed E-state index contributed by atoms with van der Waals surface area (Å²) in [4.78, 5) is 0. The van der Waals surface area contributed by atoms with Crippen LogP contribution in [0.1, 0.15) is 13.8 Å². The Labute approximate surface area is 59.8 Å². The molecule has 1 unspecified atom stereocenters. The highest BCUT2D eigenvalue weighted by molar-refractivity contribution is 6.29. The van der Waals surface area contributed by atoms with Crippen LogP contribution in [-0.2, 0) is 0 Å². The quantitative estimate of drug-likeness (QED) is 0.579. The van der Waals surface area contributed by atoms with Gasteiger partial charge < -0.3 is 10.2 Å². The van der Waals surface area contributed by atoms with E-state index in [4.69, 9.17) is 21.8 Å². The smallest absolute Gasteiger partial charge is 0.157 e. The van der Waals surface area contributed by atoms with Gasteiger partial charge in [0.2, 0.25) is 0 Å². The maximum Gasteiger partial charge on any atom is 0.157 e. The highest BCUT2D eigenvalue weighted by Crippen LogP contribution is 2.08. The van der Waals surface area contributed by atoms with Gasteiger partial charge in [-0.25, -0.2) is 0 Å². The maximum absolute atomic E-state index is 8.52. The minimum atomic E-state index is -1.31. The molecule has 0 aliphatic heterocycles. The van der Waals surface area contributed by atoms with E-state index in [2.05, 4.69) is 0 Å². The van der Waals surface area contributed by atoms with Gasteiger partial charge in [0.25, 0.3) is 0 Å². The molecule has 0 aliphatic rings. The predicted octanol–water partition coefficient (Wildman–Crippen LogP) is 1.08. The lowest BCUT2D eigenvalue weighted by Gasteiger charge is -2.07. The van der Waals surface area contributed by atoms with Crippen molar-refractivity contribution in [3.05, 3.63) is 11.1 Å². The molecule has 0 amide bonds. The van der Waals surface area contributed by atoms with Crippen LogP contribution in [0.25, 0.3) is 0 Å². The second-order valence-electron chi connectivity index (χ2n) is 2.03. The van der Waals surface area contributed by atoms with Crippen molar-refractivity contribution in [1.29, 1.82) is 0 Å². The highest BCUT2D eigenvalue weighted by atomic mass is 35.5. The number of aliphatic hydroxyl groups is 2. The molecule has 0 saturated carbocycles. The Morgan fingerprint density at radius 3 is 2.11 bits per heavy atom. The first-order valence-electron chi connectivity index (χ1n) is 2.74. The van der Waals surface area contributed by atoms with Gasteiger partial charge in [-0.3, -0.25) is 0 Å². The fourth-order valence-corrected chi connectivity index (χ4v) is 0.647. The summed E-state index contributed by atoms with van der Waals surface area (Å²) >= 11 is 5.46. The summed E-state index contributed by atoms with van der Waals surface area (Å²) in [6.45, 7) is 3.37. The first-order valence-corrected chi connectivity index (χ1v) is 3.12. The van der Waals surface area contributed by atoms with Crippen LogP contribution in [0.3, 0.4) is 0 Å². The average Bonchev–Trinajstić information content (AvgIpc) is 1.63. The fourth-order valence-electron chi connectivity index (χ4n) is 0.448. The van der Waals surface area contributed by atoms with Crippen LogP contribution in [0.5, 0.6) is 0 Å². The Morgan fingerprint density at radius 2 is 2.00 bits per heavy atom. The van der Waals surface area contributed by atoms with Crippen molar-refractivity contribution in [3.8, 4) is 0 Å². The van der Waals surface area contributed by atoms with Crippen LogP contribution in [0.4, 0.5) is 0 Å². The largest absolute Gasteiger partial charge is 0.368 e. The monoisotopic (exact) mass is 150 g/mol. The van der Waals surface area contributed by atoms with E-state index in [0.29, 0.717) is 5.03 Å². The van der Waals surface area contributed by atoms with Gasteiger partial charge in [0.15, 0.2) is 6.29 Å². The first kappa shape index (κ1) is 8.95. The van der Waals surface area contributed by atoms with E-state index in [1.54, 1.807) is 19.9 Å². The molecule has 0 radical (unpaired) electrons. The molecule has 0 aliphatic carbocycles. The number of hydrogen-bond acceptors (Lipinski definition) is 2. The van der Waals surface area contributed by atoms with Crippen LogP contribution in [0.2, 0.25) is 0 Å². The molecule has 2 nitrogen and oxygen atoms in total. The van der Waals surface area contributed by atoms with Crippen LogP contribution < -0.4 is 0 Å². The van der Waals surface area contributed by atoms with E-state index < -0.39 is 6.29 Å². The molecule has 0 fully saturated rings. The van der Waals surface area contributed by atoms with Crippen LogP contribution in [0.15, 0.2) is 11.1 Å². The van der Waals surface area contributed by atoms with Crippen molar-refractivity contribution < 1.29 is 10.2 Å². The minimum absolute atomic E-state index is 0.289. The molecule has 0 heterocycles. The lowest BCUT2D eigenvalue weighted by molar-refractivity contribution is -0.0652. The van der Waals surface area contributed by atoms with Gasteiger partial charge in [-0.05, 0) is 6.92 Å². The molecule has 0 rings (SSSR count). The average molecular weight is 151 g/mol. The standard InChI is InChI=1S/C6H11ClO2/c1-4(6(8)9)3-5(2)7/h3-4,6,8-9H,1-2H3. The van der Waals surface area contributed by atoms with E-state index >= 15 is 0 Å². The second-order valence-corrected chi connectivity index (χ2v) is 2.62. The second kappa shape index (κ2) is 3.88. The molecule has 0 aromatic rings. The van der Waals surface area contributed by atoms with Crippen molar-refractivity contribution >= 4 is 11.6 Å². The third-order valence-electron chi connectivity index (χ3n) is 0.963. The molecule has 54 valence electrons. The van der Waals surface area contributed by atoms with Crippen molar-refractivity contribution in [1.82, 2.24) is 0 Å². The number of aliphatic hydroxyl groups excluding tert-OH is 1. The summed E-state index contributed by atoms with van der Waals surface area (Å²) in [5.41, 5.74) is 0. The zero-order chi connectivity index (χ0) is 7.44. The molecule has 0 saturated heterocycles. The summed E-state index contributed by atoms with van der Waals surface area (Å²) in [7, 11) is 0. The SMILES string of the molecule is CC(Cl)=CC(C)C(O)O. The van der Waals surface area contributed by atoms with Gasteiger partial charge in [0.1, 0.15) is 0 Å². The van der Waals surface area contributed by atoms with Crippen LogP contribution in [-0.4, -0.2) is 16.5 Å². The molecule has 0 bridgehead atoms. The van der Waals surface area contributed by atoms with Gasteiger partial charge >= 0.3 is 0 Å². The molecular formula is C6H11ClO2. The van der Waals surface area contributed by atoms with Gasteiger partial charge in [-0.15, -0.1) is 0 Å². The third kappa shape index (κ3) is 4.45. The molecule has 9 heavy (non-hydrogen) atoms. The highest BCUT2D eigenvalue weighted by Gasteiger charge is 2.05. The Morgan fingerprint density at radius 1 is 1.56 bits per heavy atom. The Balaban J connectivity index is 3.76. The van der Waals surface area contributed by atoms with Crippen LogP contribution in [0, 0.1) is 5.92 Å². The van der Waals surface area contributed by atoms with Crippen molar-refractivity contribution in [2.45, 2.75) is 20.1 Å². The zero-order valence-electron chi connectivity index (χ0n) is 5.50. The van der Waals surface area contributed by atoms with Gasteiger partial charge in [0, 0.05) is 11.0 Å². The molecule has 0 spiro atoms. The molecule has 1 atom stereocenters. The lowest BCUT2D eigenvalue weighted by atomic mass is 10.1. The number of rotatable bonds is 2. The van der Waals surface area contributed by atoms with Crippen molar-refractivity contribution in [3.63, 3.8) is 0 Å². The number of hydrogen-bond donors (Lipinski definition) is 2. The Hall–Kier alpha value is -0.0500. The van der Waals surface area contributed by atoms with E-state index in [-0.39, 0.29) is 5.92 Å². The molecule has 0 aromatic carbocycles. The number of halogens is 1. The zero-order valence-corrected chi connectivity index (χ0v) is 6.26. The van der Waals surface area contributed by atoms with Crippen LogP contribution >= 0.6 is 11.6 Å². The summed E-state index contributed by atoms with van der Waals surface area (Å²) in [6, 6.07) is 0. The number of allylic oxidation sites excluding steroid dienone is 1. The Bertz CT molecular complexity index is 106. The fraction of sp³-hybridized carbons (Fsp3) is 0.667. The van der Waals surface area contributed by atoms with Crippen molar-refractivity contribution in [2.24, 2.45) is 5.92 Å². The third-order valence-corrected chi connectivity index (χ3v) is 1.09. The lowest BCUT2D eigenvalue weighted by Crippen LogP contribution is -2.13. The summed E-state index contributed by atoms with van der Waals surface area (Å²) in [6.07, 6.45) is 0.283. The first-order chi connectivity index (χ1) is 4.04.